The zero-order chi connectivity index (χ0) is 31.2. The van der Waals surface area contributed by atoms with Crippen molar-refractivity contribution in [3.63, 3.8) is 0 Å². The summed E-state index contributed by atoms with van der Waals surface area (Å²) in [6, 6.07) is 50.9. The minimum Gasteiger partial charge on any atom is -0.497 e. The topological polar surface area (TPSA) is 23.4 Å². The third kappa shape index (κ3) is 3.62. The van der Waals surface area contributed by atoms with Crippen molar-refractivity contribution >= 4 is 86.4 Å². The maximum absolute atomic E-state index is 5.67. The van der Waals surface area contributed by atoms with Crippen LogP contribution in [0.15, 0.2) is 140 Å². The quantitative estimate of drug-likeness (QED) is 0.188. The smallest absolute Gasteiger partial charge is 0.119 e. The summed E-state index contributed by atoms with van der Waals surface area (Å²) in [5.41, 5.74) is 3.53. The maximum atomic E-state index is 5.67. The molecule has 9 aromatic carbocycles. The zero-order valence-electron chi connectivity index (χ0n) is 26.0. The summed E-state index contributed by atoms with van der Waals surface area (Å²) >= 11 is 0. The largest absolute Gasteiger partial charge is 0.497 e. The van der Waals surface area contributed by atoms with Crippen LogP contribution in [-0.4, -0.2) is 18.8 Å². The van der Waals surface area contributed by atoms with Gasteiger partial charge in [0.1, 0.15) is 11.5 Å². The van der Waals surface area contributed by atoms with E-state index in [9.17, 15) is 0 Å². The predicted octanol–water partition coefficient (Wildman–Crippen LogP) is 11.7. The zero-order valence-corrected chi connectivity index (χ0v) is 26.0. The molecule has 0 radical (unpaired) electrons. The van der Waals surface area contributed by atoms with Gasteiger partial charge in [-0.1, -0.05) is 78.9 Å². The Morgan fingerprint density at radius 2 is 0.681 bits per heavy atom. The second-order valence-corrected chi connectivity index (χ2v) is 12.4. The van der Waals surface area contributed by atoms with E-state index in [4.69, 9.17) is 9.47 Å². The summed E-state index contributed by atoms with van der Waals surface area (Å²) in [4.78, 5) is 0. The molecule has 3 nitrogen and oxygen atoms in total. The van der Waals surface area contributed by atoms with Crippen LogP contribution in [0.25, 0.3) is 92.1 Å². The summed E-state index contributed by atoms with van der Waals surface area (Å²) in [6.07, 6.45) is 0. The number of aromatic nitrogens is 1. The molecule has 0 atom stereocenters. The SMILES string of the molecule is COc1ccc2c(c1)c1ccccc1c1cc3c4cc5c6ccccc6c6cc(OC)ccc6c5cc4n(-c4ccccc4)c3cc21. The lowest BCUT2D eigenvalue weighted by Crippen LogP contribution is -1.94. The van der Waals surface area contributed by atoms with Gasteiger partial charge in [0.15, 0.2) is 0 Å². The van der Waals surface area contributed by atoms with Crippen LogP contribution in [0.1, 0.15) is 0 Å². The lowest BCUT2D eigenvalue weighted by Gasteiger charge is -2.13. The van der Waals surface area contributed by atoms with Crippen molar-refractivity contribution < 1.29 is 9.47 Å². The van der Waals surface area contributed by atoms with Crippen LogP contribution in [-0.2, 0) is 0 Å². The highest BCUT2D eigenvalue weighted by molar-refractivity contribution is 6.32. The van der Waals surface area contributed by atoms with E-state index in [1.165, 1.54) is 86.4 Å². The maximum Gasteiger partial charge on any atom is 0.119 e. The number of nitrogens with zero attached hydrogens (tertiary/aromatic N) is 1. The van der Waals surface area contributed by atoms with Gasteiger partial charge in [-0.15, -0.1) is 0 Å². The fourth-order valence-corrected chi connectivity index (χ4v) is 7.98. The number of para-hydroxylation sites is 1. The van der Waals surface area contributed by atoms with Gasteiger partial charge in [-0.05, 0) is 125 Å². The van der Waals surface area contributed by atoms with E-state index >= 15 is 0 Å². The van der Waals surface area contributed by atoms with Crippen LogP contribution in [0.2, 0.25) is 0 Å². The molecule has 47 heavy (non-hydrogen) atoms. The first-order valence-corrected chi connectivity index (χ1v) is 16.0. The van der Waals surface area contributed by atoms with Crippen LogP contribution in [0, 0.1) is 0 Å². The van der Waals surface area contributed by atoms with Gasteiger partial charge in [-0.2, -0.15) is 0 Å². The molecule has 10 rings (SSSR count). The van der Waals surface area contributed by atoms with Crippen molar-refractivity contribution in [1.29, 1.82) is 0 Å². The molecule has 10 aromatic rings. The molecule has 1 aromatic heterocycles. The molecule has 0 unspecified atom stereocenters. The second kappa shape index (κ2) is 9.72. The molecule has 0 aliphatic carbocycles. The lowest BCUT2D eigenvalue weighted by molar-refractivity contribution is 0.415. The van der Waals surface area contributed by atoms with E-state index in [1.54, 1.807) is 14.2 Å². The van der Waals surface area contributed by atoms with Gasteiger partial charge in [-0.25, -0.2) is 0 Å². The Hall–Kier alpha value is -6.06. The first-order valence-electron chi connectivity index (χ1n) is 16.0. The van der Waals surface area contributed by atoms with Gasteiger partial charge in [-0.3, -0.25) is 0 Å². The molecule has 0 amide bonds. The Balaban J connectivity index is 1.45. The number of rotatable bonds is 3. The third-order valence-electron chi connectivity index (χ3n) is 10.1. The first-order chi connectivity index (χ1) is 23.2. The monoisotopic (exact) mass is 603 g/mol. The van der Waals surface area contributed by atoms with E-state index in [-0.39, 0.29) is 0 Å². The minimum atomic E-state index is 0.866. The number of methoxy groups -OCH3 is 2. The first kappa shape index (κ1) is 26.2. The van der Waals surface area contributed by atoms with Gasteiger partial charge >= 0.3 is 0 Å². The molecule has 0 saturated carbocycles. The summed E-state index contributed by atoms with van der Waals surface area (Å²) in [5.74, 6) is 1.73. The number of ether oxygens (including phenoxy) is 2. The lowest BCUT2D eigenvalue weighted by atomic mass is 9.92. The normalized spacial score (nSPS) is 12.0. The van der Waals surface area contributed by atoms with Crippen LogP contribution in [0.4, 0.5) is 0 Å². The summed E-state index contributed by atoms with van der Waals surface area (Å²) in [6.45, 7) is 0. The number of hydrogen-bond acceptors (Lipinski definition) is 2. The fourth-order valence-electron chi connectivity index (χ4n) is 7.98. The second-order valence-electron chi connectivity index (χ2n) is 12.4. The summed E-state index contributed by atoms with van der Waals surface area (Å²) in [7, 11) is 3.47. The fraction of sp³-hybridized carbons (Fsp3) is 0.0455. The van der Waals surface area contributed by atoms with E-state index in [0.717, 1.165) is 17.2 Å². The molecule has 0 fully saturated rings. The van der Waals surface area contributed by atoms with E-state index in [1.807, 2.05) is 0 Å². The number of hydrogen-bond donors (Lipinski definition) is 0. The van der Waals surface area contributed by atoms with Crippen molar-refractivity contribution in [2.75, 3.05) is 14.2 Å². The highest BCUT2D eigenvalue weighted by Crippen LogP contribution is 2.44. The molecule has 0 saturated heterocycles. The summed E-state index contributed by atoms with van der Waals surface area (Å²) < 4.78 is 13.8. The average molecular weight is 604 g/mol. The average Bonchev–Trinajstić information content (AvgIpc) is 3.45. The summed E-state index contributed by atoms with van der Waals surface area (Å²) in [5, 5.41) is 17.3. The molecule has 1 heterocycles. The van der Waals surface area contributed by atoms with Gasteiger partial charge in [0.25, 0.3) is 0 Å². The molecule has 222 valence electrons. The van der Waals surface area contributed by atoms with Crippen molar-refractivity contribution in [3.05, 3.63) is 140 Å². The Labute approximate surface area is 270 Å². The number of benzene rings is 9. The van der Waals surface area contributed by atoms with E-state index in [2.05, 4.69) is 144 Å². The standard InChI is InChI=1S/C44H29NO2/c1-46-27-16-18-33-35(20-27)29-12-6-8-14-31(29)37-22-41-42-23-38-32-15-9-7-13-30(32)36-21-28(47-2)17-19-34(36)40(38)25-44(42)45(43(41)24-39(33)37)26-10-4-3-5-11-26/h3-25H,1-2H3. The van der Waals surface area contributed by atoms with Gasteiger partial charge in [0.05, 0.1) is 25.3 Å². The highest BCUT2D eigenvalue weighted by Gasteiger charge is 2.19. The molecular formula is C44H29NO2. The Bertz CT molecular complexity index is 2740. The van der Waals surface area contributed by atoms with Crippen LogP contribution in [0.3, 0.4) is 0 Å². The molecule has 0 aliphatic rings. The third-order valence-corrected chi connectivity index (χ3v) is 10.1. The van der Waals surface area contributed by atoms with E-state index in [0.29, 0.717) is 0 Å². The Morgan fingerprint density at radius 3 is 1.11 bits per heavy atom. The minimum absolute atomic E-state index is 0.866. The van der Waals surface area contributed by atoms with Crippen LogP contribution >= 0.6 is 0 Å². The van der Waals surface area contributed by atoms with Crippen molar-refractivity contribution in [2.24, 2.45) is 0 Å². The van der Waals surface area contributed by atoms with Gasteiger partial charge in [0.2, 0.25) is 0 Å². The molecular weight excluding hydrogens is 574 g/mol. The Morgan fingerprint density at radius 1 is 0.319 bits per heavy atom. The molecule has 3 heteroatoms. The molecule has 0 N–H and O–H groups in total. The number of fused-ring (bicyclic) bond motifs is 15. The van der Waals surface area contributed by atoms with Gasteiger partial charge < -0.3 is 14.0 Å². The molecule has 0 aliphatic heterocycles. The van der Waals surface area contributed by atoms with Crippen molar-refractivity contribution in [1.82, 2.24) is 4.57 Å². The molecule has 0 bridgehead atoms. The van der Waals surface area contributed by atoms with Crippen molar-refractivity contribution in [2.45, 2.75) is 0 Å². The van der Waals surface area contributed by atoms with Crippen molar-refractivity contribution in [3.8, 4) is 17.2 Å². The van der Waals surface area contributed by atoms with E-state index < -0.39 is 0 Å². The predicted molar refractivity (Wildman–Crippen MR) is 199 cm³/mol. The molecule has 0 spiro atoms. The van der Waals surface area contributed by atoms with Crippen LogP contribution in [0.5, 0.6) is 11.5 Å². The Kier molecular flexibility index (Phi) is 5.41. The van der Waals surface area contributed by atoms with Gasteiger partial charge in [0, 0.05) is 16.5 Å². The van der Waals surface area contributed by atoms with Crippen LogP contribution < -0.4 is 9.47 Å². The highest BCUT2D eigenvalue weighted by atomic mass is 16.5.